The fourth-order valence-electron chi connectivity index (χ4n) is 2.61. The first-order valence-corrected chi connectivity index (χ1v) is 7.44. The van der Waals surface area contributed by atoms with Crippen LogP contribution in [0, 0.1) is 0 Å². The third kappa shape index (κ3) is 3.12. The lowest BCUT2D eigenvalue weighted by Crippen LogP contribution is -2.34. The van der Waals surface area contributed by atoms with Gasteiger partial charge in [0.05, 0.1) is 23.6 Å². The van der Waals surface area contributed by atoms with Crippen molar-refractivity contribution in [1.29, 1.82) is 0 Å². The highest BCUT2D eigenvalue weighted by Gasteiger charge is 2.27. The molecule has 0 unspecified atom stereocenters. The van der Waals surface area contributed by atoms with Crippen molar-refractivity contribution in [3.05, 3.63) is 36.7 Å². The molecular weight excluding hydrogens is 282 g/mol. The normalized spacial score (nSPS) is 17.7. The zero-order valence-electron chi connectivity index (χ0n) is 12.5. The molecule has 0 bridgehead atoms. The summed E-state index contributed by atoms with van der Waals surface area (Å²) >= 11 is 0. The minimum atomic E-state index is -0.124. The smallest absolute Gasteiger partial charge is 0.321 e. The Morgan fingerprint density at radius 1 is 1.50 bits per heavy atom. The van der Waals surface area contributed by atoms with E-state index >= 15 is 0 Å². The number of hydrogen-bond donors (Lipinski definition) is 1. The minimum absolute atomic E-state index is 0.124. The summed E-state index contributed by atoms with van der Waals surface area (Å²) in [7, 11) is 0. The van der Waals surface area contributed by atoms with Crippen LogP contribution >= 0.6 is 0 Å². The second-order valence-corrected chi connectivity index (χ2v) is 5.13. The van der Waals surface area contributed by atoms with Gasteiger partial charge in [-0.05, 0) is 25.5 Å². The molecule has 2 amide bonds. The number of nitrogens with one attached hydrogen (secondary N) is 1. The fourth-order valence-corrected chi connectivity index (χ4v) is 2.61. The third-order valence-corrected chi connectivity index (χ3v) is 3.67. The number of carbonyl (C=O) groups is 1. The summed E-state index contributed by atoms with van der Waals surface area (Å²) in [5.74, 6) is 0.490. The number of para-hydroxylation sites is 1. The van der Waals surface area contributed by atoms with Crippen molar-refractivity contribution in [1.82, 2.24) is 9.88 Å². The Bertz CT molecular complexity index is 627. The zero-order chi connectivity index (χ0) is 15.4. The van der Waals surface area contributed by atoms with Gasteiger partial charge < -0.3 is 19.4 Å². The van der Waals surface area contributed by atoms with Gasteiger partial charge in [-0.15, -0.1) is 0 Å². The number of rotatable bonds is 4. The first-order chi connectivity index (χ1) is 10.8. The van der Waals surface area contributed by atoms with E-state index in [2.05, 4.69) is 10.3 Å². The highest BCUT2D eigenvalue weighted by molar-refractivity contribution is 5.93. The van der Waals surface area contributed by atoms with Gasteiger partial charge in [-0.25, -0.2) is 9.78 Å². The molecule has 1 aromatic carbocycles. The zero-order valence-corrected chi connectivity index (χ0v) is 12.5. The molecule has 22 heavy (non-hydrogen) atoms. The quantitative estimate of drug-likeness (QED) is 0.942. The van der Waals surface area contributed by atoms with Crippen LogP contribution in [0.2, 0.25) is 0 Å². The fraction of sp³-hybridized carbons (Fsp3) is 0.375. The molecule has 3 rings (SSSR count). The van der Waals surface area contributed by atoms with Crippen molar-refractivity contribution in [2.24, 2.45) is 0 Å². The largest absolute Gasteiger partial charge is 0.444 e. The molecule has 0 spiro atoms. The number of hydrogen-bond acceptors (Lipinski definition) is 4. The van der Waals surface area contributed by atoms with Gasteiger partial charge >= 0.3 is 6.03 Å². The molecule has 1 aromatic heterocycles. The van der Waals surface area contributed by atoms with Gasteiger partial charge in [-0.3, -0.25) is 0 Å². The van der Waals surface area contributed by atoms with E-state index in [0.717, 1.165) is 12.0 Å². The molecule has 2 aromatic rings. The summed E-state index contributed by atoms with van der Waals surface area (Å²) in [6.07, 6.45) is 4.11. The lowest BCUT2D eigenvalue weighted by molar-refractivity contribution is 0.0716. The standard InChI is InChI=1S/C16H19N3O3/c1-2-21-12-7-9-19(11-12)16(20)18-14-6-4-3-5-13(14)15-17-8-10-22-15/h3-6,8,10,12H,2,7,9,11H2,1H3,(H,18,20)/t12-/m0/s1. The van der Waals surface area contributed by atoms with E-state index in [1.807, 2.05) is 31.2 Å². The number of amides is 2. The monoisotopic (exact) mass is 301 g/mol. The van der Waals surface area contributed by atoms with E-state index in [1.165, 1.54) is 6.26 Å². The van der Waals surface area contributed by atoms with Crippen molar-refractivity contribution >= 4 is 11.7 Å². The van der Waals surface area contributed by atoms with Gasteiger partial charge in [0.2, 0.25) is 5.89 Å². The Balaban J connectivity index is 1.70. The Kier molecular flexibility index (Phi) is 4.39. The molecule has 1 N–H and O–H groups in total. The maximum atomic E-state index is 12.4. The summed E-state index contributed by atoms with van der Waals surface area (Å²) in [4.78, 5) is 18.3. The van der Waals surface area contributed by atoms with E-state index < -0.39 is 0 Å². The Morgan fingerprint density at radius 3 is 3.14 bits per heavy atom. The molecule has 6 nitrogen and oxygen atoms in total. The number of likely N-dealkylation sites (tertiary alicyclic amines) is 1. The molecule has 2 heterocycles. The van der Waals surface area contributed by atoms with Crippen LogP contribution in [0.25, 0.3) is 11.5 Å². The number of nitrogens with zero attached hydrogens (tertiary/aromatic N) is 2. The molecule has 1 atom stereocenters. The van der Waals surface area contributed by atoms with Crippen molar-refractivity contribution in [3.63, 3.8) is 0 Å². The van der Waals surface area contributed by atoms with Crippen LogP contribution in [-0.4, -0.2) is 41.7 Å². The molecule has 1 aliphatic rings. The summed E-state index contributed by atoms with van der Waals surface area (Å²) in [6.45, 7) is 3.97. The average Bonchev–Trinajstić information content (AvgIpc) is 3.19. The molecule has 1 aliphatic heterocycles. The van der Waals surface area contributed by atoms with Gasteiger partial charge in [0.25, 0.3) is 0 Å². The Morgan fingerprint density at radius 2 is 2.36 bits per heavy atom. The number of anilines is 1. The maximum Gasteiger partial charge on any atom is 0.321 e. The number of oxazole rings is 1. The van der Waals surface area contributed by atoms with Gasteiger partial charge in [0.1, 0.15) is 6.26 Å². The first-order valence-electron chi connectivity index (χ1n) is 7.44. The highest BCUT2D eigenvalue weighted by atomic mass is 16.5. The van der Waals surface area contributed by atoms with Crippen LogP contribution in [0.5, 0.6) is 0 Å². The topological polar surface area (TPSA) is 67.6 Å². The Hall–Kier alpha value is -2.34. The van der Waals surface area contributed by atoms with E-state index in [4.69, 9.17) is 9.15 Å². The van der Waals surface area contributed by atoms with E-state index in [9.17, 15) is 4.79 Å². The van der Waals surface area contributed by atoms with E-state index in [-0.39, 0.29) is 12.1 Å². The van der Waals surface area contributed by atoms with E-state index in [0.29, 0.717) is 31.3 Å². The third-order valence-electron chi connectivity index (χ3n) is 3.67. The molecular formula is C16H19N3O3. The van der Waals surface area contributed by atoms with Crippen molar-refractivity contribution < 1.29 is 13.9 Å². The lowest BCUT2D eigenvalue weighted by atomic mass is 10.2. The van der Waals surface area contributed by atoms with Crippen LogP contribution < -0.4 is 5.32 Å². The van der Waals surface area contributed by atoms with Crippen molar-refractivity contribution in [3.8, 4) is 11.5 Å². The summed E-state index contributed by atoms with van der Waals surface area (Å²) in [5.41, 5.74) is 1.45. The molecule has 0 saturated carbocycles. The highest BCUT2D eigenvalue weighted by Crippen LogP contribution is 2.27. The number of aromatic nitrogens is 1. The molecule has 1 saturated heterocycles. The van der Waals surface area contributed by atoms with Gasteiger partial charge in [-0.2, -0.15) is 0 Å². The van der Waals surface area contributed by atoms with Crippen LogP contribution in [0.4, 0.5) is 10.5 Å². The molecule has 6 heteroatoms. The average molecular weight is 301 g/mol. The predicted molar refractivity (Wildman–Crippen MR) is 82.6 cm³/mol. The van der Waals surface area contributed by atoms with Crippen LogP contribution in [-0.2, 0) is 4.74 Å². The summed E-state index contributed by atoms with van der Waals surface area (Å²) < 4.78 is 10.9. The Labute approximate surface area is 129 Å². The maximum absolute atomic E-state index is 12.4. The second-order valence-electron chi connectivity index (χ2n) is 5.13. The number of ether oxygens (including phenoxy) is 1. The van der Waals surface area contributed by atoms with Crippen LogP contribution in [0.15, 0.2) is 41.1 Å². The van der Waals surface area contributed by atoms with Crippen molar-refractivity contribution in [2.45, 2.75) is 19.4 Å². The summed E-state index contributed by atoms with van der Waals surface area (Å²) in [6, 6.07) is 7.34. The van der Waals surface area contributed by atoms with E-state index in [1.54, 1.807) is 11.1 Å². The first kappa shape index (κ1) is 14.6. The number of carbonyl (C=O) groups excluding carboxylic acids is 1. The second kappa shape index (κ2) is 6.62. The van der Waals surface area contributed by atoms with Gasteiger partial charge in [0.15, 0.2) is 0 Å². The molecule has 1 fully saturated rings. The number of urea groups is 1. The number of benzene rings is 1. The van der Waals surface area contributed by atoms with Gasteiger partial charge in [-0.1, -0.05) is 12.1 Å². The molecule has 0 aliphatic carbocycles. The van der Waals surface area contributed by atoms with Crippen molar-refractivity contribution in [2.75, 3.05) is 25.0 Å². The molecule has 0 radical (unpaired) electrons. The minimum Gasteiger partial charge on any atom is -0.444 e. The van der Waals surface area contributed by atoms with Crippen LogP contribution in [0.3, 0.4) is 0 Å². The van der Waals surface area contributed by atoms with Crippen LogP contribution in [0.1, 0.15) is 13.3 Å². The summed E-state index contributed by atoms with van der Waals surface area (Å²) in [5, 5.41) is 2.93. The predicted octanol–water partition coefficient (Wildman–Crippen LogP) is 2.98. The SMILES string of the molecule is CCO[C@H]1CCN(C(=O)Nc2ccccc2-c2ncco2)C1. The lowest BCUT2D eigenvalue weighted by Gasteiger charge is -2.18. The van der Waals surface area contributed by atoms with Gasteiger partial charge in [0, 0.05) is 19.7 Å². The molecule has 116 valence electrons.